The Morgan fingerprint density at radius 3 is 3.00 bits per heavy atom. The van der Waals surface area contributed by atoms with Crippen molar-refractivity contribution in [3.8, 4) is 5.75 Å². The minimum Gasteiger partial charge on any atom is -0.508 e. The van der Waals surface area contributed by atoms with Gasteiger partial charge in [0.15, 0.2) is 0 Å². The summed E-state index contributed by atoms with van der Waals surface area (Å²) in [6.45, 7) is 2.70. The van der Waals surface area contributed by atoms with Gasteiger partial charge in [0, 0.05) is 6.04 Å². The molecule has 1 heterocycles. The van der Waals surface area contributed by atoms with Crippen LogP contribution in [0.15, 0.2) is 34.7 Å². The fraction of sp³-hybridized carbons (Fsp3) is 0.333. The highest BCUT2D eigenvalue weighted by molar-refractivity contribution is 5.40. The number of furan rings is 1. The normalized spacial score (nSPS) is 17.9. The standard InChI is InChI=1S/C15H17NO2/c1-10-2-5-13(18-10)9-16-15-7-3-11-8-12(17)4-6-14(11)15/h2,4-6,8,15-17H,3,7,9H2,1H3. The molecule has 1 aliphatic carbocycles. The van der Waals surface area contributed by atoms with Crippen LogP contribution in [0.2, 0.25) is 0 Å². The van der Waals surface area contributed by atoms with Gasteiger partial charge < -0.3 is 14.8 Å². The topological polar surface area (TPSA) is 45.4 Å². The second kappa shape index (κ2) is 4.50. The number of aryl methyl sites for hydroxylation is 2. The number of nitrogens with one attached hydrogen (secondary N) is 1. The van der Waals surface area contributed by atoms with E-state index in [4.69, 9.17) is 4.42 Å². The van der Waals surface area contributed by atoms with Crippen LogP contribution in [0.4, 0.5) is 0 Å². The summed E-state index contributed by atoms with van der Waals surface area (Å²) < 4.78 is 5.55. The molecule has 2 N–H and O–H groups in total. The van der Waals surface area contributed by atoms with Gasteiger partial charge in [0.2, 0.25) is 0 Å². The molecule has 0 aliphatic heterocycles. The van der Waals surface area contributed by atoms with Crippen molar-refractivity contribution >= 4 is 0 Å². The Kier molecular flexibility index (Phi) is 2.84. The maximum Gasteiger partial charge on any atom is 0.117 e. The first-order valence-corrected chi connectivity index (χ1v) is 6.33. The average molecular weight is 243 g/mol. The van der Waals surface area contributed by atoms with E-state index < -0.39 is 0 Å². The summed E-state index contributed by atoms with van der Waals surface area (Å²) in [7, 11) is 0. The molecule has 1 atom stereocenters. The predicted molar refractivity (Wildman–Crippen MR) is 69.5 cm³/mol. The summed E-state index contributed by atoms with van der Waals surface area (Å²) in [5.74, 6) is 2.28. The van der Waals surface area contributed by atoms with Crippen LogP contribution in [0.3, 0.4) is 0 Å². The van der Waals surface area contributed by atoms with Gasteiger partial charge in [-0.1, -0.05) is 6.07 Å². The summed E-state index contributed by atoms with van der Waals surface area (Å²) in [4.78, 5) is 0. The average Bonchev–Trinajstić information content (AvgIpc) is 2.92. The molecule has 18 heavy (non-hydrogen) atoms. The first-order chi connectivity index (χ1) is 8.72. The molecule has 0 saturated carbocycles. The van der Waals surface area contributed by atoms with E-state index in [1.807, 2.05) is 31.2 Å². The first-order valence-electron chi connectivity index (χ1n) is 6.33. The van der Waals surface area contributed by atoms with E-state index in [-0.39, 0.29) is 0 Å². The second-order valence-electron chi connectivity index (χ2n) is 4.87. The van der Waals surface area contributed by atoms with Gasteiger partial charge in [-0.15, -0.1) is 0 Å². The van der Waals surface area contributed by atoms with Crippen molar-refractivity contribution in [2.75, 3.05) is 0 Å². The van der Waals surface area contributed by atoms with Crippen molar-refractivity contribution in [3.63, 3.8) is 0 Å². The summed E-state index contributed by atoms with van der Waals surface area (Å²) in [6, 6.07) is 10.0. The molecule has 0 spiro atoms. The number of hydrogen-bond donors (Lipinski definition) is 2. The molecule has 94 valence electrons. The van der Waals surface area contributed by atoms with Gasteiger partial charge in [0.25, 0.3) is 0 Å². The molecule has 3 nitrogen and oxygen atoms in total. The maximum absolute atomic E-state index is 9.46. The van der Waals surface area contributed by atoms with Crippen molar-refractivity contribution in [2.45, 2.75) is 32.4 Å². The van der Waals surface area contributed by atoms with Crippen LogP contribution in [0.5, 0.6) is 5.75 Å². The van der Waals surface area contributed by atoms with E-state index in [0.717, 1.165) is 30.9 Å². The molecule has 3 heteroatoms. The Hall–Kier alpha value is -1.74. The van der Waals surface area contributed by atoms with Crippen LogP contribution >= 0.6 is 0 Å². The summed E-state index contributed by atoms with van der Waals surface area (Å²) in [6.07, 6.45) is 2.11. The van der Waals surface area contributed by atoms with E-state index in [9.17, 15) is 5.11 Å². The lowest BCUT2D eigenvalue weighted by Gasteiger charge is -2.13. The van der Waals surface area contributed by atoms with Gasteiger partial charge in [-0.2, -0.15) is 0 Å². The van der Waals surface area contributed by atoms with Crippen molar-refractivity contribution in [1.29, 1.82) is 0 Å². The largest absolute Gasteiger partial charge is 0.508 e. The number of rotatable bonds is 3. The molecule has 1 aromatic carbocycles. The van der Waals surface area contributed by atoms with E-state index in [2.05, 4.69) is 5.32 Å². The molecule has 0 fully saturated rings. The summed E-state index contributed by atoms with van der Waals surface area (Å²) in [5.41, 5.74) is 2.55. The van der Waals surface area contributed by atoms with Crippen molar-refractivity contribution in [1.82, 2.24) is 5.32 Å². The molecular weight excluding hydrogens is 226 g/mol. The zero-order valence-corrected chi connectivity index (χ0v) is 10.4. The molecule has 0 saturated heterocycles. The van der Waals surface area contributed by atoms with Gasteiger partial charge in [-0.3, -0.25) is 0 Å². The van der Waals surface area contributed by atoms with Gasteiger partial charge in [-0.25, -0.2) is 0 Å². The third-order valence-electron chi connectivity index (χ3n) is 3.52. The van der Waals surface area contributed by atoms with Gasteiger partial charge >= 0.3 is 0 Å². The predicted octanol–water partition coefficient (Wildman–Crippen LogP) is 3.07. The van der Waals surface area contributed by atoms with Crippen molar-refractivity contribution in [2.24, 2.45) is 0 Å². The molecule has 2 aromatic rings. The number of aromatic hydroxyl groups is 1. The highest BCUT2D eigenvalue weighted by atomic mass is 16.3. The fourth-order valence-corrected chi connectivity index (χ4v) is 2.62. The monoisotopic (exact) mass is 243 g/mol. The maximum atomic E-state index is 9.46. The Balaban J connectivity index is 1.69. The first kappa shape index (κ1) is 11.4. The zero-order chi connectivity index (χ0) is 12.5. The quantitative estimate of drug-likeness (QED) is 0.870. The summed E-state index contributed by atoms with van der Waals surface area (Å²) >= 11 is 0. The van der Waals surface area contributed by atoms with E-state index in [1.54, 1.807) is 6.07 Å². The lowest BCUT2D eigenvalue weighted by Crippen LogP contribution is -2.18. The van der Waals surface area contributed by atoms with Gasteiger partial charge in [-0.05, 0) is 55.2 Å². The number of phenols is 1. The molecule has 3 rings (SSSR count). The molecule has 0 amide bonds. The third-order valence-corrected chi connectivity index (χ3v) is 3.52. The van der Waals surface area contributed by atoms with Crippen LogP contribution in [0.1, 0.15) is 35.1 Å². The zero-order valence-electron chi connectivity index (χ0n) is 10.4. The van der Waals surface area contributed by atoms with E-state index in [1.165, 1.54) is 11.1 Å². The third kappa shape index (κ3) is 2.14. The van der Waals surface area contributed by atoms with Crippen LogP contribution in [-0.4, -0.2) is 5.11 Å². The highest BCUT2D eigenvalue weighted by Crippen LogP contribution is 2.33. The van der Waals surface area contributed by atoms with E-state index >= 15 is 0 Å². The lowest BCUT2D eigenvalue weighted by atomic mass is 10.1. The number of phenolic OH excluding ortho intramolecular Hbond substituents is 1. The number of fused-ring (bicyclic) bond motifs is 1. The van der Waals surface area contributed by atoms with E-state index in [0.29, 0.717) is 11.8 Å². The highest BCUT2D eigenvalue weighted by Gasteiger charge is 2.22. The van der Waals surface area contributed by atoms with Crippen LogP contribution in [-0.2, 0) is 13.0 Å². The minimum absolute atomic E-state index is 0.357. The van der Waals surface area contributed by atoms with Crippen molar-refractivity contribution < 1.29 is 9.52 Å². The van der Waals surface area contributed by atoms with Crippen LogP contribution in [0, 0.1) is 6.92 Å². The SMILES string of the molecule is Cc1ccc(CNC2CCc3cc(O)ccc32)o1. The molecule has 1 aromatic heterocycles. The molecule has 1 aliphatic rings. The number of benzene rings is 1. The minimum atomic E-state index is 0.357. The number of hydrogen-bond acceptors (Lipinski definition) is 3. The Labute approximate surface area is 106 Å². The Bertz CT molecular complexity index is 559. The van der Waals surface area contributed by atoms with Gasteiger partial charge in [0.05, 0.1) is 6.54 Å². The Morgan fingerprint density at radius 1 is 1.33 bits per heavy atom. The Morgan fingerprint density at radius 2 is 2.22 bits per heavy atom. The van der Waals surface area contributed by atoms with Crippen LogP contribution < -0.4 is 5.32 Å². The smallest absolute Gasteiger partial charge is 0.117 e. The molecular formula is C15H17NO2. The molecule has 1 unspecified atom stereocenters. The van der Waals surface area contributed by atoms with Crippen LogP contribution in [0.25, 0.3) is 0 Å². The fourth-order valence-electron chi connectivity index (χ4n) is 2.62. The second-order valence-corrected chi connectivity index (χ2v) is 4.87. The molecule has 0 bridgehead atoms. The lowest BCUT2D eigenvalue weighted by molar-refractivity contribution is 0.434. The molecule has 0 radical (unpaired) electrons. The van der Waals surface area contributed by atoms with Crippen molar-refractivity contribution in [3.05, 3.63) is 53.0 Å². The summed E-state index contributed by atoms with van der Waals surface area (Å²) in [5, 5.41) is 13.0. The van der Waals surface area contributed by atoms with Gasteiger partial charge in [0.1, 0.15) is 17.3 Å².